The van der Waals surface area contributed by atoms with E-state index in [1.807, 2.05) is 12.3 Å². The first-order valence-electron chi connectivity index (χ1n) is 8.28. The molecule has 0 saturated carbocycles. The number of amides is 1. The SMILES string of the molecule is CSCCC(NCc1ccc(OCc2c(F)cccc2Cl)c(Cl)c1)C(N)=O. The molecule has 0 bridgehead atoms. The number of halogens is 3. The number of rotatable bonds is 10. The lowest BCUT2D eigenvalue weighted by molar-refractivity contribution is -0.120. The number of hydrogen-bond acceptors (Lipinski definition) is 4. The Morgan fingerprint density at radius 3 is 2.70 bits per heavy atom. The van der Waals surface area contributed by atoms with Crippen LogP contribution < -0.4 is 15.8 Å². The van der Waals surface area contributed by atoms with Crippen LogP contribution in [0.3, 0.4) is 0 Å². The number of ether oxygens (including phenoxy) is 1. The van der Waals surface area contributed by atoms with Crippen LogP contribution >= 0.6 is 35.0 Å². The molecule has 1 atom stereocenters. The van der Waals surface area contributed by atoms with E-state index in [4.69, 9.17) is 33.7 Å². The number of hydrogen-bond donors (Lipinski definition) is 2. The minimum atomic E-state index is -0.429. The molecule has 0 aliphatic heterocycles. The predicted molar refractivity (Wildman–Crippen MR) is 110 cm³/mol. The summed E-state index contributed by atoms with van der Waals surface area (Å²) in [5, 5.41) is 3.83. The topological polar surface area (TPSA) is 64.3 Å². The van der Waals surface area contributed by atoms with Crippen molar-refractivity contribution in [1.29, 1.82) is 0 Å². The van der Waals surface area contributed by atoms with Gasteiger partial charge in [0.25, 0.3) is 0 Å². The molecule has 1 amide bonds. The Hall–Kier alpha value is -1.47. The highest BCUT2D eigenvalue weighted by Crippen LogP contribution is 2.28. The average Bonchev–Trinajstić information content (AvgIpc) is 2.62. The zero-order valence-corrected chi connectivity index (χ0v) is 17.1. The summed E-state index contributed by atoms with van der Waals surface area (Å²) in [5.41, 5.74) is 6.57. The Morgan fingerprint density at radius 1 is 1.30 bits per heavy atom. The second-order valence-electron chi connectivity index (χ2n) is 5.87. The van der Waals surface area contributed by atoms with Crippen LogP contribution in [0.25, 0.3) is 0 Å². The van der Waals surface area contributed by atoms with Gasteiger partial charge in [-0.3, -0.25) is 4.79 Å². The van der Waals surface area contributed by atoms with Gasteiger partial charge < -0.3 is 15.8 Å². The van der Waals surface area contributed by atoms with Crippen LogP contribution in [0.2, 0.25) is 10.0 Å². The molecule has 27 heavy (non-hydrogen) atoms. The third-order valence-corrected chi connectivity index (χ3v) is 5.23. The highest BCUT2D eigenvalue weighted by Gasteiger charge is 2.14. The zero-order chi connectivity index (χ0) is 19.8. The Bertz CT molecular complexity index is 772. The molecule has 2 aromatic carbocycles. The van der Waals surface area contributed by atoms with Crippen molar-refractivity contribution in [2.75, 3.05) is 12.0 Å². The minimum absolute atomic E-state index is 0.0265. The van der Waals surface area contributed by atoms with Crippen LogP contribution in [0.1, 0.15) is 17.5 Å². The molecule has 1 unspecified atom stereocenters. The van der Waals surface area contributed by atoms with Crippen LogP contribution in [0.4, 0.5) is 4.39 Å². The van der Waals surface area contributed by atoms with E-state index in [9.17, 15) is 9.18 Å². The molecule has 0 aromatic heterocycles. The Labute approximate surface area is 172 Å². The standard InChI is InChI=1S/C19H21Cl2FN2O2S/c1-27-8-7-17(19(23)25)24-10-12-5-6-18(15(21)9-12)26-11-13-14(20)3-2-4-16(13)22/h2-6,9,17,24H,7-8,10-11H2,1H3,(H2,23,25). The van der Waals surface area contributed by atoms with Crippen molar-refractivity contribution in [1.82, 2.24) is 5.32 Å². The van der Waals surface area contributed by atoms with E-state index in [2.05, 4.69) is 5.32 Å². The monoisotopic (exact) mass is 430 g/mol. The van der Waals surface area contributed by atoms with Gasteiger partial charge in [-0.25, -0.2) is 4.39 Å². The molecular weight excluding hydrogens is 410 g/mol. The fraction of sp³-hybridized carbons (Fsp3) is 0.316. The van der Waals surface area contributed by atoms with Gasteiger partial charge in [0.05, 0.1) is 16.1 Å². The maximum absolute atomic E-state index is 13.8. The van der Waals surface area contributed by atoms with Crippen molar-refractivity contribution in [2.24, 2.45) is 5.73 Å². The van der Waals surface area contributed by atoms with Gasteiger partial charge in [-0.2, -0.15) is 11.8 Å². The van der Waals surface area contributed by atoms with Crippen LogP contribution in [-0.4, -0.2) is 24.0 Å². The molecule has 0 aliphatic rings. The van der Waals surface area contributed by atoms with Crippen molar-refractivity contribution >= 4 is 40.9 Å². The number of primary amides is 1. The normalized spacial score (nSPS) is 12.0. The molecule has 8 heteroatoms. The lowest BCUT2D eigenvalue weighted by atomic mass is 10.1. The Kier molecular flexibility index (Phi) is 8.70. The first kappa shape index (κ1) is 21.8. The number of nitrogens with two attached hydrogens (primary N) is 1. The molecule has 0 fully saturated rings. The van der Waals surface area contributed by atoms with Crippen molar-refractivity contribution in [3.63, 3.8) is 0 Å². The van der Waals surface area contributed by atoms with Crippen molar-refractivity contribution in [3.8, 4) is 5.75 Å². The van der Waals surface area contributed by atoms with Gasteiger partial charge in [0.15, 0.2) is 0 Å². The van der Waals surface area contributed by atoms with Crippen molar-refractivity contribution in [2.45, 2.75) is 25.6 Å². The molecule has 0 spiro atoms. The van der Waals surface area contributed by atoms with Crippen LogP contribution in [0.5, 0.6) is 5.75 Å². The quantitative estimate of drug-likeness (QED) is 0.585. The molecule has 2 aromatic rings. The van der Waals surface area contributed by atoms with Crippen LogP contribution in [-0.2, 0) is 17.9 Å². The summed E-state index contributed by atoms with van der Waals surface area (Å²) >= 11 is 13.9. The van der Waals surface area contributed by atoms with Gasteiger partial charge in [-0.1, -0.05) is 35.3 Å². The number of carbonyl (C=O) groups is 1. The van der Waals surface area contributed by atoms with Crippen molar-refractivity contribution in [3.05, 3.63) is 63.4 Å². The maximum atomic E-state index is 13.8. The largest absolute Gasteiger partial charge is 0.487 e. The third-order valence-electron chi connectivity index (χ3n) is 3.94. The lowest BCUT2D eigenvalue weighted by Crippen LogP contribution is -2.41. The number of nitrogens with one attached hydrogen (secondary N) is 1. The number of carbonyl (C=O) groups excluding carboxylic acids is 1. The van der Waals surface area contributed by atoms with Crippen LogP contribution in [0, 0.1) is 5.82 Å². The second kappa shape index (κ2) is 10.8. The summed E-state index contributed by atoms with van der Waals surface area (Å²) in [4.78, 5) is 11.5. The van der Waals surface area contributed by atoms with E-state index < -0.39 is 11.9 Å². The first-order chi connectivity index (χ1) is 12.9. The molecule has 0 heterocycles. The average molecular weight is 431 g/mol. The summed E-state index contributed by atoms with van der Waals surface area (Å²) in [5.74, 6) is 0.458. The molecule has 146 valence electrons. The van der Waals surface area contributed by atoms with Crippen LogP contribution in [0.15, 0.2) is 36.4 Å². The van der Waals surface area contributed by atoms with Gasteiger partial charge >= 0.3 is 0 Å². The first-order valence-corrected chi connectivity index (χ1v) is 10.4. The fourth-order valence-electron chi connectivity index (χ4n) is 2.41. The van der Waals surface area contributed by atoms with E-state index in [1.54, 1.807) is 30.0 Å². The summed E-state index contributed by atoms with van der Waals surface area (Å²) in [6, 6.07) is 9.34. The zero-order valence-electron chi connectivity index (χ0n) is 14.8. The molecule has 3 N–H and O–H groups in total. The second-order valence-corrected chi connectivity index (χ2v) is 7.67. The molecular formula is C19H21Cl2FN2O2S. The van der Waals surface area contributed by atoms with Gasteiger partial charge in [0, 0.05) is 12.1 Å². The van der Waals surface area contributed by atoms with E-state index in [1.165, 1.54) is 12.1 Å². The van der Waals surface area contributed by atoms with E-state index >= 15 is 0 Å². The van der Waals surface area contributed by atoms with E-state index in [0.717, 1.165) is 11.3 Å². The van der Waals surface area contributed by atoms with Gasteiger partial charge in [0.2, 0.25) is 5.91 Å². The highest BCUT2D eigenvalue weighted by atomic mass is 35.5. The molecule has 2 rings (SSSR count). The number of benzene rings is 2. The van der Waals surface area contributed by atoms with Gasteiger partial charge in [0.1, 0.15) is 18.2 Å². The van der Waals surface area contributed by atoms with Crippen molar-refractivity contribution < 1.29 is 13.9 Å². The summed E-state index contributed by atoms with van der Waals surface area (Å²) in [6.45, 7) is 0.419. The maximum Gasteiger partial charge on any atom is 0.234 e. The molecule has 0 aliphatic carbocycles. The Balaban J connectivity index is 1.97. The summed E-state index contributed by atoms with van der Waals surface area (Å²) in [7, 11) is 0. The minimum Gasteiger partial charge on any atom is -0.487 e. The highest BCUT2D eigenvalue weighted by molar-refractivity contribution is 7.98. The predicted octanol–water partition coefficient (Wildman–Crippen LogP) is 4.41. The van der Waals surface area contributed by atoms with E-state index in [-0.39, 0.29) is 18.1 Å². The molecule has 4 nitrogen and oxygen atoms in total. The van der Waals surface area contributed by atoms with E-state index in [0.29, 0.717) is 28.8 Å². The fourth-order valence-corrected chi connectivity index (χ4v) is 3.36. The van der Waals surface area contributed by atoms with Gasteiger partial charge in [-0.15, -0.1) is 0 Å². The molecule has 0 saturated heterocycles. The van der Waals surface area contributed by atoms with Gasteiger partial charge in [-0.05, 0) is 48.3 Å². The number of thioether (sulfide) groups is 1. The summed E-state index contributed by atoms with van der Waals surface area (Å²) in [6.07, 6.45) is 2.64. The summed E-state index contributed by atoms with van der Waals surface area (Å²) < 4.78 is 19.4. The lowest BCUT2D eigenvalue weighted by Gasteiger charge is -2.16. The molecule has 0 radical (unpaired) electrons. The third kappa shape index (κ3) is 6.57. The smallest absolute Gasteiger partial charge is 0.234 e. The Morgan fingerprint density at radius 2 is 2.07 bits per heavy atom.